The van der Waals surface area contributed by atoms with Crippen molar-refractivity contribution in [1.29, 1.82) is 0 Å². The number of nitrogens with zero attached hydrogens (tertiary/aromatic N) is 4. The third-order valence-corrected chi connectivity index (χ3v) is 10.8. The zero-order valence-electron chi connectivity index (χ0n) is 30.0. The number of nitrogens with one attached hydrogen (secondary N) is 2. The zero-order chi connectivity index (χ0) is 36.8. The lowest BCUT2D eigenvalue weighted by molar-refractivity contribution is -0.140. The standard InChI is InChI=1S/C35H48N6O8S/c1-10-22-17-35(22,33(44)40-50(45,46)25-12-13-25)39-30(42)28-16-24(18-41(28)32(43)20(4)36-21(5)49-34(6,7)8)48-31-29(19(2)3)37-26-14-11-23(47-9)15-27(26)38-31/h10-11,14-15,19-20,22,24-25,28H,1,12-13,16-18H2,2-9H3,(H,39,42)(H,40,44). The number of sulfonamides is 1. The van der Waals surface area contributed by atoms with Gasteiger partial charge in [0.1, 0.15) is 40.8 Å². The van der Waals surface area contributed by atoms with Gasteiger partial charge in [0, 0.05) is 31.2 Å². The minimum atomic E-state index is -3.87. The van der Waals surface area contributed by atoms with E-state index >= 15 is 0 Å². The maximum Gasteiger partial charge on any atom is 0.259 e. The number of rotatable bonds is 12. The molecule has 5 rings (SSSR count). The summed E-state index contributed by atoms with van der Waals surface area (Å²) in [6.07, 6.45) is 2.03. The first kappa shape index (κ1) is 37.0. The van der Waals surface area contributed by atoms with E-state index in [2.05, 4.69) is 21.6 Å². The molecule has 0 spiro atoms. The van der Waals surface area contributed by atoms with Gasteiger partial charge in [-0.25, -0.2) is 23.4 Å². The summed E-state index contributed by atoms with van der Waals surface area (Å²) in [7, 11) is -2.31. The first-order valence-corrected chi connectivity index (χ1v) is 18.5. The fraction of sp³-hybridized carbons (Fsp3) is 0.600. The summed E-state index contributed by atoms with van der Waals surface area (Å²) in [6.45, 7) is 16.6. The number of fused-ring (bicyclic) bond motifs is 1. The third kappa shape index (κ3) is 8.03. The van der Waals surface area contributed by atoms with E-state index in [1.807, 2.05) is 40.7 Å². The predicted molar refractivity (Wildman–Crippen MR) is 187 cm³/mol. The minimum absolute atomic E-state index is 0.0193. The maximum absolute atomic E-state index is 14.1. The van der Waals surface area contributed by atoms with Crippen molar-refractivity contribution < 1.29 is 37.0 Å². The van der Waals surface area contributed by atoms with Crippen LogP contribution in [0.2, 0.25) is 0 Å². The van der Waals surface area contributed by atoms with E-state index in [1.54, 1.807) is 33.1 Å². The molecule has 272 valence electrons. The summed E-state index contributed by atoms with van der Waals surface area (Å²) in [4.78, 5) is 56.9. The number of carbonyl (C=O) groups excluding carboxylic acids is 3. The summed E-state index contributed by atoms with van der Waals surface area (Å²) >= 11 is 0. The molecule has 2 aliphatic carbocycles. The average Bonchev–Trinajstić information content (AvgIpc) is 3.95. The highest BCUT2D eigenvalue weighted by molar-refractivity contribution is 7.91. The molecule has 1 aromatic carbocycles. The van der Waals surface area contributed by atoms with Crippen molar-refractivity contribution in [2.45, 2.75) is 115 Å². The Labute approximate surface area is 293 Å². The monoisotopic (exact) mass is 712 g/mol. The SMILES string of the molecule is C=CC1CC1(NC(=O)C1CC(Oc2nc3cc(OC)ccc3nc2C(C)C)CN1C(=O)C(C)N=C(C)OC(C)(C)C)C(=O)NS(=O)(=O)C1CC1. The molecular formula is C35H48N6O8S. The Hall–Kier alpha value is -4.27. The van der Waals surface area contributed by atoms with Gasteiger partial charge in [0.05, 0.1) is 29.9 Å². The predicted octanol–water partition coefficient (Wildman–Crippen LogP) is 3.40. The normalized spacial score (nSPS) is 24.5. The largest absolute Gasteiger partial charge is 0.497 e. The molecule has 2 saturated carbocycles. The van der Waals surface area contributed by atoms with Crippen LogP contribution in [0.5, 0.6) is 11.6 Å². The molecule has 3 aliphatic rings. The van der Waals surface area contributed by atoms with Crippen LogP contribution in [0.25, 0.3) is 11.0 Å². The lowest BCUT2D eigenvalue weighted by Crippen LogP contribution is -2.57. The summed E-state index contributed by atoms with van der Waals surface area (Å²) in [5.41, 5.74) is -0.211. The highest BCUT2D eigenvalue weighted by atomic mass is 32.2. The van der Waals surface area contributed by atoms with Gasteiger partial charge in [-0.15, -0.1) is 6.58 Å². The molecule has 2 aromatic rings. The number of carbonyl (C=O) groups is 3. The van der Waals surface area contributed by atoms with Gasteiger partial charge >= 0.3 is 0 Å². The van der Waals surface area contributed by atoms with Crippen LogP contribution in [0.1, 0.15) is 85.8 Å². The van der Waals surface area contributed by atoms with Crippen LogP contribution in [0.4, 0.5) is 0 Å². The molecule has 3 amide bonds. The number of ether oxygens (including phenoxy) is 3. The Morgan fingerprint density at radius 1 is 1.14 bits per heavy atom. The van der Waals surface area contributed by atoms with Crippen LogP contribution in [0, 0.1) is 5.92 Å². The number of benzene rings is 1. The lowest BCUT2D eigenvalue weighted by atomic mass is 10.1. The topological polar surface area (TPSA) is 178 Å². The number of likely N-dealkylation sites (tertiary alicyclic amines) is 1. The van der Waals surface area contributed by atoms with E-state index in [9.17, 15) is 22.8 Å². The molecule has 3 fully saturated rings. The zero-order valence-corrected chi connectivity index (χ0v) is 30.8. The van der Waals surface area contributed by atoms with Crippen molar-refractivity contribution in [3.63, 3.8) is 0 Å². The van der Waals surface area contributed by atoms with Crippen LogP contribution in [-0.2, 0) is 29.1 Å². The Kier molecular flexibility index (Phi) is 10.2. The summed E-state index contributed by atoms with van der Waals surface area (Å²) in [5, 5.41) is 2.18. The molecule has 2 N–H and O–H groups in total. The van der Waals surface area contributed by atoms with Gasteiger partial charge in [0.15, 0.2) is 5.90 Å². The number of aliphatic imine (C=N–C) groups is 1. The van der Waals surface area contributed by atoms with Crippen molar-refractivity contribution >= 4 is 44.7 Å². The smallest absolute Gasteiger partial charge is 0.259 e. The molecular weight excluding hydrogens is 664 g/mol. The highest BCUT2D eigenvalue weighted by Crippen LogP contribution is 2.45. The van der Waals surface area contributed by atoms with Gasteiger partial charge in [0.2, 0.25) is 27.7 Å². The molecule has 5 unspecified atom stereocenters. The molecule has 1 aliphatic heterocycles. The number of hydrogen-bond donors (Lipinski definition) is 2. The molecule has 14 nitrogen and oxygen atoms in total. The van der Waals surface area contributed by atoms with E-state index < -0.39 is 68.2 Å². The van der Waals surface area contributed by atoms with Crippen LogP contribution >= 0.6 is 0 Å². The quantitative estimate of drug-likeness (QED) is 0.188. The van der Waals surface area contributed by atoms with E-state index in [1.165, 1.54) is 11.0 Å². The van der Waals surface area contributed by atoms with Gasteiger partial charge in [-0.05, 0) is 59.1 Å². The van der Waals surface area contributed by atoms with Crippen LogP contribution in [-0.4, -0.2) is 95.1 Å². The van der Waals surface area contributed by atoms with E-state index in [0.717, 1.165) is 0 Å². The molecule has 0 bridgehead atoms. The third-order valence-electron chi connectivity index (χ3n) is 8.97. The van der Waals surface area contributed by atoms with Crippen LogP contribution in [0.15, 0.2) is 35.8 Å². The Morgan fingerprint density at radius 3 is 2.42 bits per heavy atom. The second-order valence-electron chi connectivity index (χ2n) is 14.6. The van der Waals surface area contributed by atoms with E-state index in [4.69, 9.17) is 24.2 Å². The Balaban J connectivity index is 1.44. The maximum atomic E-state index is 14.1. The molecule has 50 heavy (non-hydrogen) atoms. The summed E-state index contributed by atoms with van der Waals surface area (Å²) < 4.78 is 45.1. The average molecular weight is 713 g/mol. The van der Waals surface area contributed by atoms with E-state index in [0.29, 0.717) is 41.2 Å². The molecule has 15 heteroatoms. The van der Waals surface area contributed by atoms with Crippen molar-refractivity contribution in [2.75, 3.05) is 13.7 Å². The first-order chi connectivity index (χ1) is 23.4. The van der Waals surface area contributed by atoms with Crippen molar-refractivity contribution in [3.05, 3.63) is 36.5 Å². The number of hydrogen-bond acceptors (Lipinski definition) is 11. The summed E-state index contributed by atoms with van der Waals surface area (Å²) in [6, 6.07) is 3.39. The second kappa shape index (κ2) is 13.8. The number of methoxy groups -OCH3 is 1. The molecule has 5 atom stereocenters. The number of aromatic nitrogens is 2. The van der Waals surface area contributed by atoms with Crippen LogP contribution in [0.3, 0.4) is 0 Å². The molecule has 1 saturated heterocycles. The van der Waals surface area contributed by atoms with Gasteiger partial charge in [-0.3, -0.25) is 19.1 Å². The number of amides is 3. The molecule has 0 radical (unpaired) electrons. The van der Waals surface area contributed by atoms with E-state index in [-0.39, 0.29) is 31.2 Å². The fourth-order valence-electron chi connectivity index (χ4n) is 6.21. The molecule has 2 heterocycles. The van der Waals surface area contributed by atoms with Gasteiger partial charge in [-0.1, -0.05) is 19.9 Å². The first-order valence-electron chi connectivity index (χ1n) is 16.9. The lowest BCUT2D eigenvalue weighted by Gasteiger charge is -2.28. The minimum Gasteiger partial charge on any atom is -0.497 e. The summed E-state index contributed by atoms with van der Waals surface area (Å²) in [5.74, 6) is -1.24. The van der Waals surface area contributed by atoms with Crippen molar-refractivity contribution in [3.8, 4) is 11.6 Å². The fourth-order valence-corrected chi connectivity index (χ4v) is 7.57. The van der Waals surface area contributed by atoms with Crippen molar-refractivity contribution in [2.24, 2.45) is 10.9 Å². The van der Waals surface area contributed by atoms with Gasteiger partial charge in [-0.2, -0.15) is 0 Å². The van der Waals surface area contributed by atoms with Crippen molar-refractivity contribution in [1.82, 2.24) is 24.9 Å². The van der Waals surface area contributed by atoms with Gasteiger partial charge < -0.3 is 24.4 Å². The van der Waals surface area contributed by atoms with Crippen LogP contribution < -0.4 is 19.5 Å². The Bertz CT molecular complexity index is 1820. The Morgan fingerprint density at radius 2 is 1.84 bits per heavy atom. The van der Waals surface area contributed by atoms with Gasteiger partial charge in [0.25, 0.3) is 5.91 Å². The second-order valence-corrected chi connectivity index (χ2v) is 16.6. The highest BCUT2D eigenvalue weighted by Gasteiger charge is 2.62. The molecule has 1 aromatic heterocycles.